The van der Waals surface area contributed by atoms with Crippen LogP contribution >= 0.6 is 0 Å². The third-order valence-corrected chi connectivity index (χ3v) is 6.28. The highest BCUT2D eigenvalue weighted by molar-refractivity contribution is 7.92. The van der Waals surface area contributed by atoms with Crippen molar-refractivity contribution in [1.29, 1.82) is 0 Å². The van der Waals surface area contributed by atoms with Crippen LogP contribution < -0.4 is 14.2 Å². The van der Waals surface area contributed by atoms with Crippen molar-refractivity contribution in [1.82, 2.24) is 0 Å². The van der Waals surface area contributed by atoms with Crippen LogP contribution in [-0.4, -0.2) is 32.7 Å². The average Bonchev–Trinajstić information content (AvgIpc) is 2.82. The standard InChI is InChI=1S/C25H27NO6S/c1-2-3-6-19-9-15-22(16-10-19)33(29,30)26-20-11-13-21(14-12-20)31-17-18-32-24-8-5-4-7-23(24)25(27)28/h4-5,7-16,26H,2-3,6,17-18H2,1H3,(H,27,28). The molecule has 33 heavy (non-hydrogen) atoms. The van der Waals surface area contributed by atoms with Crippen LogP contribution in [0.15, 0.2) is 77.7 Å². The van der Waals surface area contributed by atoms with Crippen LogP contribution in [0.3, 0.4) is 0 Å². The van der Waals surface area contributed by atoms with Crippen LogP contribution in [0, 0.1) is 0 Å². The number of ether oxygens (including phenoxy) is 2. The van der Waals surface area contributed by atoms with E-state index in [2.05, 4.69) is 11.6 Å². The summed E-state index contributed by atoms with van der Waals surface area (Å²) in [4.78, 5) is 11.4. The smallest absolute Gasteiger partial charge is 0.339 e. The summed E-state index contributed by atoms with van der Waals surface area (Å²) in [5, 5.41) is 9.16. The predicted octanol–water partition coefficient (Wildman–Crippen LogP) is 4.99. The predicted molar refractivity (Wildman–Crippen MR) is 127 cm³/mol. The molecule has 0 atom stereocenters. The lowest BCUT2D eigenvalue weighted by molar-refractivity contribution is 0.0691. The summed E-state index contributed by atoms with van der Waals surface area (Å²) < 4.78 is 38.9. The molecule has 8 heteroatoms. The molecule has 0 aliphatic heterocycles. The van der Waals surface area contributed by atoms with Crippen molar-refractivity contribution in [2.75, 3.05) is 17.9 Å². The summed E-state index contributed by atoms with van der Waals surface area (Å²) in [6.07, 6.45) is 3.09. The van der Waals surface area contributed by atoms with Crippen molar-refractivity contribution in [3.05, 3.63) is 83.9 Å². The molecule has 0 unspecified atom stereocenters. The molecule has 0 saturated heterocycles. The molecule has 0 amide bonds. The first kappa shape index (κ1) is 24.1. The van der Waals surface area contributed by atoms with Gasteiger partial charge in [0.25, 0.3) is 10.0 Å². The molecule has 3 rings (SSSR count). The van der Waals surface area contributed by atoms with E-state index in [1.54, 1.807) is 54.6 Å². The number of unbranched alkanes of at least 4 members (excludes halogenated alkanes) is 1. The van der Waals surface area contributed by atoms with Gasteiger partial charge in [-0.3, -0.25) is 4.72 Å². The lowest BCUT2D eigenvalue weighted by Gasteiger charge is -2.11. The first-order valence-corrected chi connectivity index (χ1v) is 12.2. The number of benzene rings is 3. The molecular weight excluding hydrogens is 442 g/mol. The van der Waals surface area contributed by atoms with E-state index in [9.17, 15) is 13.2 Å². The molecule has 0 aliphatic rings. The molecule has 2 N–H and O–H groups in total. The van der Waals surface area contributed by atoms with Gasteiger partial charge in [-0.1, -0.05) is 37.6 Å². The zero-order valence-corrected chi connectivity index (χ0v) is 19.2. The SMILES string of the molecule is CCCCc1ccc(S(=O)(=O)Nc2ccc(OCCOc3ccccc3C(=O)O)cc2)cc1. The van der Waals surface area contributed by atoms with Crippen LogP contribution in [-0.2, 0) is 16.4 Å². The van der Waals surface area contributed by atoms with Gasteiger partial charge < -0.3 is 14.6 Å². The minimum Gasteiger partial charge on any atom is -0.490 e. The normalized spacial score (nSPS) is 11.1. The van der Waals surface area contributed by atoms with Gasteiger partial charge in [0.2, 0.25) is 0 Å². The molecule has 7 nitrogen and oxygen atoms in total. The van der Waals surface area contributed by atoms with Crippen LogP contribution in [0.2, 0.25) is 0 Å². The van der Waals surface area contributed by atoms with E-state index in [1.165, 1.54) is 6.07 Å². The molecule has 0 saturated carbocycles. The maximum Gasteiger partial charge on any atom is 0.339 e. The molecule has 0 aromatic heterocycles. The van der Waals surface area contributed by atoms with Crippen LogP contribution in [0.4, 0.5) is 5.69 Å². The van der Waals surface area contributed by atoms with Gasteiger partial charge in [-0.05, 0) is 66.9 Å². The van der Waals surface area contributed by atoms with Crippen LogP contribution in [0.5, 0.6) is 11.5 Å². The second kappa shape index (κ2) is 11.4. The number of carbonyl (C=O) groups is 1. The van der Waals surface area contributed by atoms with E-state index in [0.29, 0.717) is 11.4 Å². The summed E-state index contributed by atoms with van der Waals surface area (Å²) in [6, 6.07) is 19.8. The van der Waals surface area contributed by atoms with Gasteiger partial charge >= 0.3 is 5.97 Å². The van der Waals surface area contributed by atoms with Gasteiger partial charge in [0.1, 0.15) is 30.3 Å². The van der Waals surface area contributed by atoms with E-state index < -0.39 is 16.0 Å². The number of sulfonamides is 1. The molecular formula is C25H27NO6S. The summed E-state index contributed by atoms with van der Waals surface area (Å²) in [5.74, 6) is -0.248. The van der Waals surface area contributed by atoms with E-state index in [1.807, 2.05) is 12.1 Å². The minimum atomic E-state index is -3.68. The lowest BCUT2D eigenvalue weighted by atomic mass is 10.1. The lowest BCUT2D eigenvalue weighted by Crippen LogP contribution is -2.13. The Hall–Kier alpha value is -3.52. The Balaban J connectivity index is 1.51. The Labute approximate surface area is 194 Å². The van der Waals surface area contributed by atoms with Gasteiger partial charge in [-0.2, -0.15) is 0 Å². The van der Waals surface area contributed by atoms with Gasteiger partial charge in [0, 0.05) is 5.69 Å². The number of hydrogen-bond donors (Lipinski definition) is 2. The summed E-state index contributed by atoms with van der Waals surface area (Å²) >= 11 is 0. The zero-order valence-electron chi connectivity index (χ0n) is 18.4. The van der Waals surface area contributed by atoms with Gasteiger partial charge in [-0.15, -0.1) is 0 Å². The fourth-order valence-corrected chi connectivity index (χ4v) is 4.19. The molecule has 174 valence electrons. The minimum absolute atomic E-state index is 0.0877. The number of anilines is 1. The average molecular weight is 470 g/mol. The molecule has 3 aromatic rings. The monoisotopic (exact) mass is 469 g/mol. The van der Waals surface area contributed by atoms with Crippen molar-refractivity contribution in [2.45, 2.75) is 31.1 Å². The van der Waals surface area contributed by atoms with E-state index in [-0.39, 0.29) is 29.4 Å². The van der Waals surface area contributed by atoms with Crippen molar-refractivity contribution >= 4 is 21.7 Å². The molecule has 0 bridgehead atoms. The summed E-state index contributed by atoms with van der Waals surface area (Å²) in [5.41, 5.74) is 1.63. The number of rotatable bonds is 12. The van der Waals surface area contributed by atoms with Crippen molar-refractivity contribution in [3.63, 3.8) is 0 Å². The molecule has 0 spiro atoms. The van der Waals surface area contributed by atoms with Gasteiger partial charge in [0.15, 0.2) is 0 Å². The number of hydrogen-bond acceptors (Lipinski definition) is 5. The Morgan fingerprint density at radius 3 is 2.24 bits per heavy atom. The molecule has 0 heterocycles. The highest BCUT2D eigenvalue weighted by Gasteiger charge is 2.14. The van der Waals surface area contributed by atoms with Crippen molar-refractivity contribution in [2.24, 2.45) is 0 Å². The second-order valence-corrected chi connectivity index (χ2v) is 9.06. The highest BCUT2D eigenvalue weighted by Crippen LogP contribution is 2.21. The summed E-state index contributed by atoms with van der Waals surface area (Å²) in [6.45, 7) is 2.48. The number of aryl methyl sites for hydroxylation is 1. The largest absolute Gasteiger partial charge is 0.490 e. The van der Waals surface area contributed by atoms with Crippen LogP contribution in [0.25, 0.3) is 0 Å². The fraction of sp³-hybridized carbons (Fsp3) is 0.240. The number of carboxylic acid groups (broad SMARTS) is 1. The number of nitrogens with one attached hydrogen (secondary N) is 1. The highest BCUT2D eigenvalue weighted by atomic mass is 32.2. The third kappa shape index (κ3) is 6.98. The quantitative estimate of drug-likeness (QED) is 0.363. The molecule has 0 aliphatic carbocycles. The maximum absolute atomic E-state index is 12.6. The molecule has 3 aromatic carbocycles. The fourth-order valence-electron chi connectivity index (χ4n) is 3.13. The maximum atomic E-state index is 12.6. The molecule has 0 radical (unpaired) electrons. The second-order valence-electron chi connectivity index (χ2n) is 7.38. The zero-order chi connectivity index (χ0) is 23.7. The van der Waals surface area contributed by atoms with E-state index in [4.69, 9.17) is 14.6 Å². The van der Waals surface area contributed by atoms with Crippen molar-refractivity contribution < 1.29 is 27.8 Å². The number of para-hydroxylation sites is 1. The first-order valence-electron chi connectivity index (χ1n) is 10.7. The van der Waals surface area contributed by atoms with E-state index >= 15 is 0 Å². The van der Waals surface area contributed by atoms with E-state index in [0.717, 1.165) is 24.8 Å². The Bertz CT molecular complexity index is 1160. The Morgan fingerprint density at radius 2 is 1.58 bits per heavy atom. The van der Waals surface area contributed by atoms with Gasteiger partial charge in [0.05, 0.1) is 4.90 Å². The summed E-state index contributed by atoms with van der Waals surface area (Å²) in [7, 11) is -3.68. The third-order valence-electron chi connectivity index (χ3n) is 4.89. The topological polar surface area (TPSA) is 102 Å². The number of aromatic carboxylic acids is 1. The number of carboxylic acids is 1. The Kier molecular flexibility index (Phi) is 8.32. The van der Waals surface area contributed by atoms with Crippen molar-refractivity contribution in [3.8, 4) is 11.5 Å². The first-order chi connectivity index (χ1) is 15.9. The Morgan fingerprint density at radius 1 is 0.909 bits per heavy atom. The molecule has 0 fully saturated rings. The van der Waals surface area contributed by atoms with Gasteiger partial charge in [-0.25, -0.2) is 13.2 Å². The van der Waals surface area contributed by atoms with Crippen LogP contribution in [0.1, 0.15) is 35.7 Å².